The van der Waals surface area contributed by atoms with Crippen molar-refractivity contribution < 1.29 is 88.8 Å². The van der Waals surface area contributed by atoms with Crippen molar-refractivity contribution in [2.24, 2.45) is 28.8 Å². The van der Waals surface area contributed by atoms with Crippen molar-refractivity contribution in [2.75, 3.05) is 13.1 Å². The fourth-order valence-electron chi connectivity index (χ4n) is 14.3. The van der Waals surface area contributed by atoms with Gasteiger partial charge in [0.1, 0.15) is 46.6 Å². The lowest BCUT2D eigenvalue weighted by molar-refractivity contribution is -0.159. The lowest BCUT2D eigenvalue weighted by atomic mass is 9.95. The van der Waals surface area contributed by atoms with Gasteiger partial charge in [-0.1, -0.05) is 113 Å². The molecule has 105 heavy (non-hydrogen) atoms. The zero-order chi connectivity index (χ0) is 74.8. The largest absolute Gasteiger partial charge is 0.479 e. The molecule has 0 radical (unpaired) electrons. The number of nitrogens with two attached hydrogens (primary N) is 1. The second-order valence-corrected chi connectivity index (χ2v) is 36.4. The number of ether oxygens (including phenoxy) is 4. The standard InChI is InChI=1S/C37H50N4O9S.C33H43N3O8.C4H9NO2S.2CH4/c1-35(2,3)50-30(42)18-24-12-8-6-5-7-9-15-27-20-37(27,33(45)39-51(47,48)36(4)16-17-36)38-31(43)29-19-28(23-41(29)32(24)44)49-34(46)40-21-25-13-10-11-14-26(25)22-40;1-32(2,3)44-27(37)15-21-11-7-5-4-6-8-14-24-17-33(24,30(40)41)34-28(38)26-16-25(20-36(26)29(21)39)43-31(42)35-18-22-12-9-10-13-23(22)19-35;1-4(2-3-4)8(5,6)7;;/h9-11,13-15,24,27-29H,5-8,12,16-23H2,1-4H3,(H,38,43)(H,39,45);8-10,12-14,21,24-26H,4-7,11,15-20H2,1-3H3,(H,34,38)(H,40,41);2-3H2,1H3,(H2,5,6,7);2*1H4/b15-9-;14-8-;;;/t24-,27-,28-,29+,37-;21-,24-,25-,26+,33-;;;/m11.../s1. The molecule has 29 heteroatoms. The van der Waals surface area contributed by atoms with Crippen LogP contribution >= 0.6 is 0 Å². The van der Waals surface area contributed by atoms with Gasteiger partial charge in [0.25, 0.3) is 5.91 Å². The van der Waals surface area contributed by atoms with E-state index in [-0.39, 0.29) is 72.4 Å². The summed E-state index contributed by atoms with van der Waals surface area (Å²) in [7, 11) is -7.21. The minimum Gasteiger partial charge on any atom is -0.479 e. The van der Waals surface area contributed by atoms with Crippen molar-refractivity contribution in [1.29, 1.82) is 0 Å². The number of rotatable bonds is 11. The molecule has 2 aromatic carbocycles. The van der Waals surface area contributed by atoms with Gasteiger partial charge in [-0.25, -0.2) is 36.4 Å². The Balaban J connectivity index is 0.000000237. The highest BCUT2D eigenvalue weighted by molar-refractivity contribution is 7.91. The maximum absolute atomic E-state index is 14.4. The average molecular weight is 1500 g/mol. The van der Waals surface area contributed by atoms with E-state index in [0.717, 1.165) is 67.2 Å². The van der Waals surface area contributed by atoms with Gasteiger partial charge in [0.15, 0.2) is 0 Å². The first-order chi connectivity index (χ1) is 48.3. The highest BCUT2D eigenvalue weighted by atomic mass is 32.2. The van der Waals surface area contributed by atoms with Gasteiger partial charge < -0.3 is 44.5 Å². The fraction of sp³-hybridized carbons (Fsp3) is 0.658. The van der Waals surface area contributed by atoms with Gasteiger partial charge >= 0.3 is 30.1 Å². The summed E-state index contributed by atoms with van der Waals surface area (Å²) in [5.41, 5.74) is -0.323. The van der Waals surface area contributed by atoms with Crippen LogP contribution in [0, 0.1) is 23.7 Å². The Hall–Kier alpha value is -7.92. The number of carboxylic acids is 1. The van der Waals surface area contributed by atoms with Crippen LogP contribution in [0.25, 0.3) is 0 Å². The van der Waals surface area contributed by atoms with E-state index in [9.17, 15) is 69.9 Å². The van der Waals surface area contributed by atoms with Crippen LogP contribution in [0.3, 0.4) is 0 Å². The molecule has 27 nitrogen and oxygen atoms in total. The van der Waals surface area contributed by atoms with Crippen LogP contribution in [-0.2, 0) is 104 Å². The molecule has 6 N–H and O–H groups in total. The number of hydrogen-bond donors (Lipinski definition) is 5. The SMILES string of the molecule is C.C.CC(C)(C)OC(=O)C[C@H]1CCCCC/C=C\[C@@H]2C[C@@]2(C(=O)NS(=O)(=O)C2(C)CC2)NC(=O)[C@@H]2C[C@@H](OC(=O)N3Cc4ccccc4C3)CN2C1=O.CC(C)(C)OC(=O)C[C@H]1CCCCC/C=C\[C@@H]2C[C@@]2(C(=O)O)NC(=O)[C@@H]2C[C@@H](OC(=O)N3Cc4ccccc4C3)CN2C1=O.CC1(S(N)(=O)=O)CC1. The number of carbonyl (C=O) groups excluding carboxylic acids is 9. The van der Waals surface area contributed by atoms with Crippen LogP contribution < -0.4 is 20.5 Å². The van der Waals surface area contributed by atoms with Crippen molar-refractivity contribution in [3.63, 3.8) is 0 Å². The van der Waals surface area contributed by atoms with E-state index in [1.807, 2.05) is 72.8 Å². The first-order valence-corrected chi connectivity index (χ1v) is 39.2. The lowest BCUT2D eigenvalue weighted by Crippen LogP contribution is -2.57. The molecule has 0 spiro atoms. The molecular formula is C76H110N8O19S2. The highest BCUT2D eigenvalue weighted by Crippen LogP contribution is 2.49. The molecule has 0 aromatic heterocycles. The molecule has 4 saturated carbocycles. The second kappa shape index (κ2) is 32.7. The van der Waals surface area contributed by atoms with E-state index < -0.39 is 153 Å². The Morgan fingerprint density at radius 3 is 1.30 bits per heavy atom. The number of amides is 7. The van der Waals surface area contributed by atoms with Crippen LogP contribution in [0.1, 0.15) is 221 Å². The molecule has 580 valence electrons. The number of carbonyl (C=O) groups is 10. The number of aliphatic carboxylic acids is 1. The molecule has 7 amide bonds. The van der Waals surface area contributed by atoms with Crippen LogP contribution in [0.4, 0.5) is 9.59 Å². The van der Waals surface area contributed by atoms with Gasteiger partial charge in [0.2, 0.25) is 43.7 Å². The van der Waals surface area contributed by atoms with E-state index in [0.29, 0.717) is 71.1 Å². The molecule has 2 aromatic rings. The predicted octanol–water partition coefficient (Wildman–Crippen LogP) is 8.89. The summed E-state index contributed by atoms with van der Waals surface area (Å²) in [6.45, 7) is 15.2. The normalized spacial score (nSPS) is 28.8. The maximum atomic E-state index is 14.4. The zero-order valence-electron chi connectivity index (χ0n) is 60.4. The Labute approximate surface area is 618 Å². The van der Waals surface area contributed by atoms with Gasteiger partial charge in [-0.2, -0.15) is 0 Å². The number of carboxylic acid groups (broad SMARTS) is 1. The number of primary sulfonamides is 1. The van der Waals surface area contributed by atoms with E-state index in [4.69, 9.17) is 24.1 Å². The second-order valence-electron chi connectivity index (χ2n) is 32.1. The molecule has 12 rings (SSSR count). The number of sulfonamides is 2. The number of benzene rings is 2. The number of fused-ring (bicyclic) bond motifs is 6. The Morgan fingerprint density at radius 1 is 0.571 bits per heavy atom. The number of allylic oxidation sites excluding steroid dienone is 2. The van der Waals surface area contributed by atoms with Gasteiger partial charge in [0.05, 0.1) is 35.4 Å². The van der Waals surface area contributed by atoms with Crippen molar-refractivity contribution in [1.82, 2.24) is 35.0 Å². The van der Waals surface area contributed by atoms with Crippen molar-refractivity contribution in [2.45, 2.75) is 281 Å². The van der Waals surface area contributed by atoms with Crippen LogP contribution in [0.15, 0.2) is 72.8 Å². The summed E-state index contributed by atoms with van der Waals surface area (Å²) < 4.78 is 70.6. The topological polar surface area (TPSA) is 371 Å². The number of nitrogens with one attached hydrogen (secondary N) is 3. The first kappa shape index (κ1) is 82.7. The van der Waals surface area contributed by atoms with Crippen molar-refractivity contribution >= 4 is 79.7 Å². The van der Waals surface area contributed by atoms with Crippen molar-refractivity contribution in [3.8, 4) is 0 Å². The minimum absolute atomic E-state index is 0. The summed E-state index contributed by atoms with van der Waals surface area (Å²) in [6.07, 6.45) is 14.3. The Bertz CT molecular complexity index is 3860. The predicted molar refractivity (Wildman–Crippen MR) is 389 cm³/mol. The molecule has 2 saturated heterocycles. The molecular weight excluding hydrogens is 1390 g/mol. The van der Waals surface area contributed by atoms with Gasteiger partial charge in [0, 0.05) is 62.7 Å². The smallest absolute Gasteiger partial charge is 0.410 e. The van der Waals surface area contributed by atoms with E-state index in [1.165, 1.54) is 9.80 Å². The summed E-state index contributed by atoms with van der Waals surface area (Å²) in [6, 6.07) is 13.3. The minimum atomic E-state index is -3.98. The molecule has 10 atom stereocenters. The number of esters is 2. The van der Waals surface area contributed by atoms with Crippen LogP contribution in [-0.4, -0.2) is 170 Å². The third kappa shape index (κ3) is 20.2. The maximum Gasteiger partial charge on any atom is 0.410 e. The summed E-state index contributed by atoms with van der Waals surface area (Å²) in [5, 5.41) is 20.5. The molecule has 6 aliphatic heterocycles. The Morgan fingerprint density at radius 2 is 0.943 bits per heavy atom. The molecule has 6 fully saturated rings. The van der Waals surface area contributed by atoms with Crippen LogP contribution in [0.2, 0.25) is 0 Å². The van der Waals surface area contributed by atoms with Crippen molar-refractivity contribution in [3.05, 3.63) is 95.1 Å². The van der Waals surface area contributed by atoms with Gasteiger partial charge in [-0.3, -0.25) is 48.1 Å². The molecule has 6 heterocycles. The quantitative estimate of drug-likeness (QED) is 0.0796. The number of nitrogens with zero attached hydrogens (tertiary/aromatic N) is 4. The van der Waals surface area contributed by atoms with E-state index in [1.54, 1.807) is 65.2 Å². The molecule has 4 aliphatic carbocycles. The fourth-order valence-corrected chi connectivity index (χ4v) is 16.3. The molecule has 10 aliphatic rings. The lowest BCUT2D eigenvalue weighted by Gasteiger charge is -2.30. The average Bonchev–Trinajstić information content (AvgIpc) is 1.57. The van der Waals surface area contributed by atoms with Crippen LogP contribution in [0.5, 0.6) is 0 Å². The Kier molecular flexibility index (Phi) is 25.7. The first-order valence-electron chi connectivity index (χ1n) is 36.2. The zero-order valence-corrected chi connectivity index (χ0v) is 62.0. The third-order valence-corrected chi connectivity index (χ3v) is 25.3. The van der Waals surface area contributed by atoms with Gasteiger partial charge in [-0.15, -0.1) is 0 Å². The summed E-state index contributed by atoms with van der Waals surface area (Å²) in [4.78, 5) is 141. The van der Waals surface area contributed by atoms with E-state index >= 15 is 0 Å². The summed E-state index contributed by atoms with van der Waals surface area (Å²) >= 11 is 0. The summed E-state index contributed by atoms with van der Waals surface area (Å²) in [5.74, 6) is -7.34. The number of hydrogen-bond acceptors (Lipinski definition) is 18. The molecule has 0 bridgehead atoms. The van der Waals surface area contributed by atoms with E-state index in [2.05, 4.69) is 15.4 Å². The monoisotopic (exact) mass is 1500 g/mol. The highest BCUT2D eigenvalue weighted by Gasteiger charge is 2.64. The third-order valence-electron chi connectivity index (χ3n) is 21.4. The van der Waals surface area contributed by atoms with Gasteiger partial charge in [-0.05, 0) is 155 Å². The molecule has 0 unspecified atom stereocenters.